The maximum absolute atomic E-state index is 12.1. The second kappa shape index (κ2) is 6.48. The van der Waals surface area contributed by atoms with Crippen LogP contribution in [0.25, 0.3) is 10.8 Å². The molecule has 4 heteroatoms. The van der Waals surface area contributed by atoms with E-state index in [4.69, 9.17) is 0 Å². The lowest BCUT2D eigenvalue weighted by molar-refractivity contribution is 0.0948. The molecule has 0 saturated heterocycles. The van der Waals surface area contributed by atoms with E-state index in [1.54, 1.807) is 6.07 Å². The number of fused-ring (bicyclic) bond motifs is 1. The Labute approximate surface area is 120 Å². The number of rotatable bonds is 5. The number of nitrogens with one attached hydrogen (secondary N) is 1. The van der Waals surface area contributed by atoms with Crippen LogP contribution in [0, 0.1) is 0 Å². The first-order chi connectivity index (χ1) is 9.27. The van der Waals surface area contributed by atoms with Crippen LogP contribution in [0.15, 0.2) is 36.4 Å². The number of amides is 1. The number of benzene rings is 2. The SMILES string of the molecule is O=Cc1c(C(=O)NCCCBr)ccc2ccccc12. The van der Waals surface area contributed by atoms with Gasteiger partial charge in [0.2, 0.25) is 0 Å². The molecule has 2 aromatic rings. The average Bonchev–Trinajstić information content (AvgIpc) is 2.46. The summed E-state index contributed by atoms with van der Waals surface area (Å²) in [5.41, 5.74) is 0.887. The molecule has 1 amide bonds. The summed E-state index contributed by atoms with van der Waals surface area (Å²) < 4.78 is 0. The van der Waals surface area contributed by atoms with Crippen molar-refractivity contribution in [2.45, 2.75) is 6.42 Å². The molecule has 0 radical (unpaired) electrons. The summed E-state index contributed by atoms with van der Waals surface area (Å²) in [6.07, 6.45) is 1.61. The first-order valence-corrected chi connectivity index (χ1v) is 7.21. The minimum absolute atomic E-state index is 0.200. The van der Waals surface area contributed by atoms with E-state index in [0.29, 0.717) is 17.7 Å². The van der Waals surface area contributed by atoms with E-state index < -0.39 is 0 Å². The van der Waals surface area contributed by atoms with Gasteiger partial charge in [0.05, 0.1) is 5.56 Å². The van der Waals surface area contributed by atoms with Crippen LogP contribution in [-0.2, 0) is 0 Å². The summed E-state index contributed by atoms with van der Waals surface area (Å²) in [5, 5.41) is 5.42. The van der Waals surface area contributed by atoms with Crippen molar-refractivity contribution < 1.29 is 9.59 Å². The normalized spacial score (nSPS) is 10.4. The minimum atomic E-state index is -0.200. The van der Waals surface area contributed by atoms with Gasteiger partial charge in [0, 0.05) is 17.4 Å². The van der Waals surface area contributed by atoms with Gasteiger partial charge in [-0.05, 0) is 23.3 Å². The fourth-order valence-corrected chi connectivity index (χ4v) is 2.26. The topological polar surface area (TPSA) is 46.2 Å². The van der Waals surface area contributed by atoms with Crippen LogP contribution in [0.3, 0.4) is 0 Å². The molecule has 0 aliphatic carbocycles. The molecular formula is C15H14BrNO2. The van der Waals surface area contributed by atoms with Crippen LogP contribution < -0.4 is 5.32 Å². The van der Waals surface area contributed by atoms with Crippen molar-refractivity contribution in [3.63, 3.8) is 0 Å². The molecule has 2 aromatic carbocycles. The molecule has 0 unspecified atom stereocenters. The van der Waals surface area contributed by atoms with Crippen molar-refractivity contribution in [1.82, 2.24) is 5.32 Å². The molecule has 2 rings (SSSR count). The van der Waals surface area contributed by atoms with Crippen LogP contribution in [0.5, 0.6) is 0 Å². The number of alkyl halides is 1. The highest BCUT2D eigenvalue weighted by atomic mass is 79.9. The first kappa shape index (κ1) is 13.7. The van der Waals surface area contributed by atoms with Gasteiger partial charge in [0.1, 0.15) is 0 Å². The van der Waals surface area contributed by atoms with Gasteiger partial charge in [-0.2, -0.15) is 0 Å². The number of hydrogen-bond donors (Lipinski definition) is 1. The van der Waals surface area contributed by atoms with Gasteiger partial charge >= 0.3 is 0 Å². The fraction of sp³-hybridized carbons (Fsp3) is 0.200. The lowest BCUT2D eigenvalue weighted by atomic mass is 9.99. The highest BCUT2D eigenvalue weighted by Gasteiger charge is 2.13. The Morgan fingerprint density at radius 2 is 2.00 bits per heavy atom. The van der Waals surface area contributed by atoms with Gasteiger partial charge in [-0.15, -0.1) is 0 Å². The van der Waals surface area contributed by atoms with Crippen molar-refractivity contribution in [1.29, 1.82) is 0 Å². The molecule has 0 saturated carbocycles. The molecule has 0 bridgehead atoms. The Balaban J connectivity index is 2.37. The summed E-state index contributed by atoms with van der Waals surface area (Å²) in [5.74, 6) is -0.200. The van der Waals surface area contributed by atoms with Crippen molar-refractivity contribution in [2.24, 2.45) is 0 Å². The number of halogens is 1. The van der Waals surface area contributed by atoms with Crippen molar-refractivity contribution in [3.05, 3.63) is 47.5 Å². The molecule has 1 N–H and O–H groups in total. The smallest absolute Gasteiger partial charge is 0.252 e. The Hall–Kier alpha value is -1.68. The predicted molar refractivity (Wildman–Crippen MR) is 80.1 cm³/mol. The molecule has 0 fully saturated rings. The molecule has 0 heterocycles. The average molecular weight is 320 g/mol. The van der Waals surface area contributed by atoms with Crippen molar-refractivity contribution >= 4 is 38.9 Å². The number of carbonyl (C=O) groups excluding carboxylic acids is 2. The van der Waals surface area contributed by atoms with Gasteiger partial charge < -0.3 is 5.32 Å². The lowest BCUT2D eigenvalue weighted by Gasteiger charge is -2.09. The van der Waals surface area contributed by atoms with E-state index in [-0.39, 0.29) is 5.91 Å². The molecule has 3 nitrogen and oxygen atoms in total. The summed E-state index contributed by atoms with van der Waals surface area (Å²) in [7, 11) is 0. The maximum atomic E-state index is 12.1. The van der Waals surface area contributed by atoms with Gasteiger partial charge in [-0.25, -0.2) is 0 Å². The van der Waals surface area contributed by atoms with Crippen molar-refractivity contribution in [2.75, 3.05) is 11.9 Å². The second-order valence-electron chi connectivity index (χ2n) is 4.16. The Kier molecular flexibility index (Phi) is 4.68. The Morgan fingerprint density at radius 3 is 2.74 bits per heavy atom. The standard InChI is InChI=1S/C15H14BrNO2/c16-8-3-9-17-15(19)13-7-6-11-4-1-2-5-12(11)14(13)10-18/h1-2,4-7,10H,3,8-9H2,(H,17,19). The summed E-state index contributed by atoms with van der Waals surface area (Å²) in [6, 6.07) is 11.1. The highest BCUT2D eigenvalue weighted by molar-refractivity contribution is 9.09. The van der Waals surface area contributed by atoms with Gasteiger partial charge in [-0.1, -0.05) is 46.3 Å². The quantitative estimate of drug-likeness (QED) is 0.522. The van der Waals surface area contributed by atoms with Crippen LogP contribution in [0.2, 0.25) is 0 Å². The van der Waals surface area contributed by atoms with Crippen LogP contribution >= 0.6 is 15.9 Å². The van der Waals surface area contributed by atoms with E-state index in [1.807, 2.05) is 30.3 Å². The number of aldehydes is 1. The third kappa shape index (κ3) is 3.01. The van der Waals surface area contributed by atoms with E-state index in [2.05, 4.69) is 21.2 Å². The van der Waals surface area contributed by atoms with Crippen molar-refractivity contribution in [3.8, 4) is 0 Å². The lowest BCUT2D eigenvalue weighted by Crippen LogP contribution is -2.25. The van der Waals surface area contributed by atoms with Crippen LogP contribution in [0.4, 0.5) is 0 Å². The van der Waals surface area contributed by atoms with Gasteiger partial charge in [-0.3, -0.25) is 9.59 Å². The molecule has 0 aromatic heterocycles. The summed E-state index contributed by atoms with van der Waals surface area (Å²) in [4.78, 5) is 23.3. The Bertz CT molecular complexity index is 610. The summed E-state index contributed by atoms with van der Waals surface area (Å²) >= 11 is 3.31. The molecule has 0 aliphatic heterocycles. The highest BCUT2D eigenvalue weighted by Crippen LogP contribution is 2.21. The molecule has 98 valence electrons. The predicted octanol–water partition coefficient (Wildman–Crippen LogP) is 3.17. The van der Waals surface area contributed by atoms with Crippen LogP contribution in [0.1, 0.15) is 27.1 Å². The number of carbonyl (C=O) groups is 2. The van der Waals surface area contributed by atoms with E-state index in [0.717, 1.165) is 28.8 Å². The third-order valence-corrected chi connectivity index (χ3v) is 3.49. The van der Waals surface area contributed by atoms with E-state index in [1.165, 1.54) is 0 Å². The fourth-order valence-electron chi connectivity index (χ4n) is 1.98. The zero-order valence-corrected chi connectivity index (χ0v) is 11.9. The zero-order valence-electron chi connectivity index (χ0n) is 10.4. The monoisotopic (exact) mass is 319 g/mol. The minimum Gasteiger partial charge on any atom is -0.352 e. The molecule has 0 aliphatic rings. The summed E-state index contributed by atoms with van der Waals surface area (Å²) in [6.45, 7) is 0.592. The van der Waals surface area contributed by atoms with E-state index in [9.17, 15) is 9.59 Å². The van der Waals surface area contributed by atoms with E-state index >= 15 is 0 Å². The van der Waals surface area contributed by atoms with Gasteiger partial charge in [0.25, 0.3) is 5.91 Å². The molecule has 0 atom stereocenters. The first-order valence-electron chi connectivity index (χ1n) is 6.09. The zero-order chi connectivity index (χ0) is 13.7. The molecule has 0 spiro atoms. The second-order valence-corrected chi connectivity index (χ2v) is 4.96. The third-order valence-electron chi connectivity index (χ3n) is 2.93. The van der Waals surface area contributed by atoms with Gasteiger partial charge in [0.15, 0.2) is 6.29 Å². The molecular weight excluding hydrogens is 306 g/mol. The Morgan fingerprint density at radius 1 is 1.21 bits per heavy atom. The maximum Gasteiger partial charge on any atom is 0.252 e. The number of hydrogen-bond acceptors (Lipinski definition) is 2. The largest absolute Gasteiger partial charge is 0.352 e. The van der Waals surface area contributed by atoms with Crippen LogP contribution in [-0.4, -0.2) is 24.1 Å². The molecule has 19 heavy (non-hydrogen) atoms.